The van der Waals surface area contributed by atoms with E-state index < -0.39 is 11.6 Å². The van der Waals surface area contributed by atoms with Gasteiger partial charge in [-0.15, -0.1) is 0 Å². The number of hydrogen-bond donors (Lipinski definition) is 2. The van der Waals surface area contributed by atoms with E-state index in [0.717, 1.165) is 6.20 Å². The van der Waals surface area contributed by atoms with Crippen LogP contribution in [0.2, 0.25) is 0 Å². The molecule has 0 amide bonds. The van der Waals surface area contributed by atoms with Crippen LogP contribution in [0.4, 0.5) is 26.2 Å². The van der Waals surface area contributed by atoms with Crippen LogP contribution < -0.4 is 10.6 Å². The Labute approximate surface area is 111 Å². The van der Waals surface area contributed by atoms with Gasteiger partial charge in [0.1, 0.15) is 5.82 Å². The maximum atomic E-state index is 13.6. The molecular formula is C11H9BrF2N4. The average molecular weight is 315 g/mol. The van der Waals surface area contributed by atoms with Crippen LogP contribution in [-0.4, -0.2) is 17.0 Å². The van der Waals surface area contributed by atoms with Crippen molar-refractivity contribution in [1.29, 1.82) is 0 Å². The van der Waals surface area contributed by atoms with Gasteiger partial charge < -0.3 is 10.6 Å². The maximum Gasteiger partial charge on any atom is 0.224 e. The zero-order chi connectivity index (χ0) is 13.1. The number of rotatable bonds is 3. The van der Waals surface area contributed by atoms with Crippen molar-refractivity contribution in [3.05, 3.63) is 40.5 Å². The normalized spacial score (nSPS) is 10.2. The SMILES string of the molecule is CNc1ncc(F)c(Nc2ccc(Br)cc2F)n1. The summed E-state index contributed by atoms with van der Waals surface area (Å²) in [6.07, 6.45) is 1.01. The number of nitrogens with zero attached hydrogens (tertiary/aromatic N) is 2. The lowest BCUT2D eigenvalue weighted by Crippen LogP contribution is -2.03. The molecule has 0 unspecified atom stereocenters. The fourth-order valence-electron chi connectivity index (χ4n) is 1.29. The highest BCUT2D eigenvalue weighted by Gasteiger charge is 2.09. The molecular weight excluding hydrogens is 306 g/mol. The lowest BCUT2D eigenvalue weighted by Gasteiger charge is -2.08. The van der Waals surface area contributed by atoms with Gasteiger partial charge in [0.25, 0.3) is 0 Å². The third kappa shape index (κ3) is 2.73. The number of nitrogens with one attached hydrogen (secondary N) is 2. The zero-order valence-corrected chi connectivity index (χ0v) is 10.9. The minimum Gasteiger partial charge on any atom is -0.357 e. The number of hydrogen-bond acceptors (Lipinski definition) is 4. The second-order valence-electron chi connectivity index (χ2n) is 3.39. The van der Waals surface area contributed by atoms with E-state index in [1.807, 2.05) is 0 Å². The van der Waals surface area contributed by atoms with Crippen LogP contribution >= 0.6 is 15.9 Å². The van der Waals surface area contributed by atoms with Crippen LogP contribution in [-0.2, 0) is 0 Å². The maximum absolute atomic E-state index is 13.6. The molecule has 1 heterocycles. The molecule has 94 valence electrons. The molecule has 0 saturated heterocycles. The van der Waals surface area contributed by atoms with Gasteiger partial charge in [-0.05, 0) is 18.2 Å². The molecule has 0 aliphatic carbocycles. The van der Waals surface area contributed by atoms with Crippen LogP contribution in [0.15, 0.2) is 28.9 Å². The summed E-state index contributed by atoms with van der Waals surface area (Å²) in [7, 11) is 1.61. The van der Waals surface area contributed by atoms with E-state index in [0.29, 0.717) is 4.47 Å². The monoisotopic (exact) mass is 314 g/mol. The highest BCUT2D eigenvalue weighted by atomic mass is 79.9. The number of aromatic nitrogens is 2. The molecule has 4 nitrogen and oxygen atoms in total. The van der Waals surface area contributed by atoms with Gasteiger partial charge in [-0.1, -0.05) is 15.9 Å². The van der Waals surface area contributed by atoms with Crippen molar-refractivity contribution in [3.8, 4) is 0 Å². The molecule has 2 N–H and O–H groups in total. The molecule has 0 radical (unpaired) electrons. The van der Waals surface area contributed by atoms with Crippen LogP contribution in [0.5, 0.6) is 0 Å². The topological polar surface area (TPSA) is 49.8 Å². The largest absolute Gasteiger partial charge is 0.357 e. The lowest BCUT2D eigenvalue weighted by molar-refractivity contribution is 0.616. The summed E-state index contributed by atoms with van der Waals surface area (Å²) >= 11 is 3.14. The standard InChI is InChI=1S/C11H9BrF2N4/c1-15-11-16-5-8(14)10(18-11)17-9-3-2-6(12)4-7(9)13/h2-5H,1H3,(H2,15,16,17,18). The van der Waals surface area contributed by atoms with Crippen molar-refractivity contribution in [2.75, 3.05) is 17.7 Å². The molecule has 0 saturated carbocycles. The predicted octanol–water partition coefficient (Wildman–Crippen LogP) is 3.30. The summed E-state index contributed by atoms with van der Waals surface area (Å²) in [5.41, 5.74) is 0.137. The second-order valence-corrected chi connectivity index (χ2v) is 4.30. The van der Waals surface area contributed by atoms with Gasteiger partial charge in [0, 0.05) is 11.5 Å². The molecule has 2 rings (SSSR count). The predicted molar refractivity (Wildman–Crippen MR) is 68.9 cm³/mol. The number of halogens is 3. The van der Waals surface area contributed by atoms with Gasteiger partial charge in [0.2, 0.25) is 5.95 Å². The van der Waals surface area contributed by atoms with Gasteiger partial charge in [-0.25, -0.2) is 13.8 Å². The van der Waals surface area contributed by atoms with Crippen molar-refractivity contribution in [1.82, 2.24) is 9.97 Å². The Bertz CT molecular complexity index is 577. The molecule has 0 spiro atoms. The van der Waals surface area contributed by atoms with Crippen molar-refractivity contribution < 1.29 is 8.78 Å². The molecule has 2 aromatic rings. The first kappa shape index (κ1) is 12.7. The first-order valence-electron chi connectivity index (χ1n) is 5.02. The number of anilines is 3. The van der Waals surface area contributed by atoms with Crippen molar-refractivity contribution in [2.24, 2.45) is 0 Å². The van der Waals surface area contributed by atoms with Crippen molar-refractivity contribution >= 4 is 33.4 Å². The quantitative estimate of drug-likeness (QED) is 0.912. The minimum atomic E-state index is -0.656. The molecule has 0 aliphatic heterocycles. The van der Waals surface area contributed by atoms with Gasteiger partial charge in [0.15, 0.2) is 11.6 Å². The Morgan fingerprint density at radius 1 is 1.22 bits per heavy atom. The van der Waals surface area contributed by atoms with E-state index in [1.54, 1.807) is 13.1 Å². The fraction of sp³-hybridized carbons (Fsp3) is 0.0909. The van der Waals surface area contributed by atoms with E-state index >= 15 is 0 Å². The third-order valence-electron chi connectivity index (χ3n) is 2.15. The van der Waals surface area contributed by atoms with Crippen molar-refractivity contribution in [3.63, 3.8) is 0 Å². The Balaban J connectivity index is 2.33. The van der Waals surface area contributed by atoms with Crippen LogP contribution in [0.25, 0.3) is 0 Å². The second kappa shape index (κ2) is 5.26. The van der Waals surface area contributed by atoms with E-state index in [1.165, 1.54) is 12.1 Å². The molecule has 0 bridgehead atoms. The fourth-order valence-corrected chi connectivity index (χ4v) is 1.63. The van der Waals surface area contributed by atoms with Gasteiger partial charge in [-0.3, -0.25) is 0 Å². The summed E-state index contributed by atoms with van der Waals surface area (Å²) in [6, 6.07) is 4.41. The smallest absolute Gasteiger partial charge is 0.224 e. The summed E-state index contributed by atoms with van der Waals surface area (Å²) in [6.45, 7) is 0. The van der Waals surface area contributed by atoms with E-state index in [9.17, 15) is 8.78 Å². The molecule has 0 fully saturated rings. The first-order valence-corrected chi connectivity index (χ1v) is 5.82. The molecule has 0 atom stereocenters. The van der Waals surface area contributed by atoms with Crippen molar-refractivity contribution in [2.45, 2.75) is 0 Å². The van der Waals surface area contributed by atoms with E-state index in [2.05, 4.69) is 36.5 Å². The minimum absolute atomic E-state index is 0.0874. The van der Waals surface area contributed by atoms with Gasteiger partial charge in [-0.2, -0.15) is 4.98 Å². The summed E-state index contributed by atoms with van der Waals surface area (Å²) in [5, 5.41) is 5.25. The zero-order valence-electron chi connectivity index (χ0n) is 9.34. The summed E-state index contributed by atoms with van der Waals surface area (Å²) < 4.78 is 27.6. The Hall–Kier alpha value is -1.76. The third-order valence-corrected chi connectivity index (χ3v) is 2.65. The average Bonchev–Trinajstić information content (AvgIpc) is 2.35. The highest BCUT2D eigenvalue weighted by molar-refractivity contribution is 9.10. The highest BCUT2D eigenvalue weighted by Crippen LogP contribution is 2.23. The molecule has 1 aromatic heterocycles. The molecule has 0 aliphatic rings. The number of benzene rings is 1. The Morgan fingerprint density at radius 2 is 2.00 bits per heavy atom. The lowest BCUT2D eigenvalue weighted by atomic mass is 10.3. The Kier molecular flexibility index (Phi) is 3.71. The van der Waals surface area contributed by atoms with Gasteiger partial charge in [0.05, 0.1) is 11.9 Å². The van der Waals surface area contributed by atoms with Crippen LogP contribution in [0.3, 0.4) is 0 Å². The van der Waals surface area contributed by atoms with E-state index in [-0.39, 0.29) is 17.5 Å². The molecule has 1 aromatic carbocycles. The van der Waals surface area contributed by atoms with E-state index in [4.69, 9.17) is 0 Å². The van der Waals surface area contributed by atoms with Crippen LogP contribution in [0, 0.1) is 11.6 Å². The van der Waals surface area contributed by atoms with Crippen LogP contribution in [0.1, 0.15) is 0 Å². The molecule has 7 heteroatoms. The van der Waals surface area contributed by atoms with Gasteiger partial charge >= 0.3 is 0 Å². The summed E-state index contributed by atoms with van der Waals surface area (Å²) in [4.78, 5) is 7.56. The Morgan fingerprint density at radius 3 is 2.67 bits per heavy atom. The summed E-state index contributed by atoms with van der Waals surface area (Å²) in [5.74, 6) is -1.00. The molecule has 18 heavy (non-hydrogen) atoms. The first-order chi connectivity index (χ1) is 8.60.